The van der Waals surface area contributed by atoms with E-state index < -0.39 is 19.8 Å². The van der Waals surface area contributed by atoms with Gasteiger partial charge in [0.1, 0.15) is 0 Å². The minimum atomic E-state index is -0.967. The van der Waals surface area contributed by atoms with E-state index in [4.69, 9.17) is 9.47 Å². The standard InChI is InChI=1S/C7H7O2S.3C4H9.Sn.H/c1-2-6(10-5-1)7-8-3-4-9-7;3*1-3-4-2;;/h1-2,7H,3-4H2;3*1,3-4H2,2H3;;. The Kier molecular flexibility index (Phi) is 13.8. The van der Waals surface area contributed by atoms with Gasteiger partial charge in [0.25, 0.3) is 0 Å². The molecule has 0 aliphatic carbocycles. The van der Waals surface area contributed by atoms with Crippen LogP contribution in [0.1, 0.15) is 70.5 Å². The van der Waals surface area contributed by atoms with Crippen molar-refractivity contribution in [3.8, 4) is 0 Å². The van der Waals surface area contributed by atoms with Crippen molar-refractivity contribution in [1.82, 2.24) is 0 Å². The van der Waals surface area contributed by atoms with Crippen LogP contribution in [-0.4, -0.2) is 33.0 Å². The summed E-state index contributed by atoms with van der Waals surface area (Å²) in [5.41, 5.74) is 0. The van der Waals surface area contributed by atoms with Crippen molar-refractivity contribution in [3.63, 3.8) is 0 Å². The van der Waals surface area contributed by atoms with Crippen LogP contribution in [0.2, 0.25) is 13.3 Å². The maximum Gasteiger partial charge on any atom is 0.193 e. The quantitative estimate of drug-likeness (QED) is 0.398. The summed E-state index contributed by atoms with van der Waals surface area (Å²) in [6, 6.07) is 3.85. The van der Waals surface area contributed by atoms with Crippen LogP contribution in [-0.2, 0) is 9.47 Å². The van der Waals surface area contributed by atoms with Gasteiger partial charge in [-0.3, -0.25) is 0 Å². The molecule has 1 aliphatic rings. The second-order valence-electron chi connectivity index (χ2n) is 6.32. The summed E-state index contributed by atoms with van der Waals surface area (Å²) >= 11 is 0.578. The molecular formula is C19H35O2SSn. The molecule has 0 spiro atoms. The van der Waals surface area contributed by atoms with Gasteiger partial charge in [-0.25, -0.2) is 0 Å². The number of ether oxygens (including phenoxy) is 2. The summed E-state index contributed by atoms with van der Waals surface area (Å²) < 4.78 is 15.6. The largest absolute Gasteiger partial charge is 0.345 e. The molecule has 1 fully saturated rings. The zero-order valence-electron chi connectivity index (χ0n) is 15.3. The predicted molar refractivity (Wildman–Crippen MR) is 104 cm³/mol. The van der Waals surface area contributed by atoms with E-state index in [1.165, 1.54) is 38.5 Å². The van der Waals surface area contributed by atoms with Gasteiger partial charge in [-0.05, 0) is 12.1 Å². The molecule has 1 aromatic heterocycles. The normalized spacial score (nSPS) is 15.0. The van der Waals surface area contributed by atoms with Gasteiger partial charge in [-0.1, -0.05) is 0 Å². The van der Waals surface area contributed by atoms with E-state index >= 15 is 0 Å². The van der Waals surface area contributed by atoms with Crippen molar-refractivity contribution in [2.75, 3.05) is 13.2 Å². The minimum absolute atomic E-state index is 0.115. The SMILES string of the molecule is CCC[CH2][SnH]([CH2]CCC)[CH2]CCC.[c]1ccc(C2OCCO2)s1. The third-order valence-corrected chi connectivity index (χ3v) is 15.5. The molecule has 1 saturated heterocycles. The van der Waals surface area contributed by atoms with E-state index in [1.54, 1.807) is 24.6 Å². The second-order valence-corrected chi connectivity index (χ2v) is 17.1. The Bertz CT molecular complexity index is 331. The third kappa shape index (κ3) is 10.1. The van der Waals surface area contributed by atoms with Crippen LogP contribution in [0.15, 0.2) is 12.1 Å². The maximum absolute atomic E-state index is 5.27. The van der Waals surface area contributed by atoms with Gasteiger partial charge in [0.05, 0.1) is 18.1 Å². The Morgan fingerprint density at radius 2 is 1.52 bits per heavy atom. The zero-order valence-corrected chi connectivity index (χ0v) is 19.4. The number of hydrogen-bond acceptors (Lipinski definition) is 3. The zero-order chi connectivity index (χ0) is 16.8. The molecule has 2 nitrogen and oxygen atoms in total. The summed E-state index contributed by atoms with van der Waals surface area (Å²) in [6.45, 7) is 8.43. The fourth-order valence-corrected chi connectivity index (χ4v) is 14.4. The van der Waals surface area contributed by atoms with Crippen LogP contribution in [0.5, 0.6) is 0 Å². The van der Waals surface area contributed by atoms with Crippen LogP contribution in [0.3, 0.4) is 0 Å². The molecule has 4 heteroatoms. The first-order valence-corrected chi connectivity index (χ1v) is 17.3. The average Bonchev–Trinajstić information content (AvgIpc) is 3.27. The predicted octanol–water partition coefficient (Wildman–Crippen LogP) is 6.21. The van der Waals surface area contributed by atoms with Crippen molar-refractivity contribution in [2.45, 2.75) is 78.9 Å². The minimum Gasteiger partial charge on any atom is -0.345 e. The summed E-state index contributed by atoms with van der Waals surface area (Å²) in [6.07, 6.45) is 8.76. The third-order valence-electron chi connectivity index (χ3n) is 4.24. The molecule has 2 heterocycles. The Morgan fingerprint density at radius 3 is 1.91 bits per heavy atom. The van der Waals surface area contributed by atoms with Crippen LogP contribution in [0.25, 0.3) is 0 Å². The van der Waals surface area contributed by atoms with E-state index in [-0.39, 0.29) is 6.29 Å². The topological polar surface area (TPSA) is 18.5 Å². The first-order chi connectivity index (χ1) is 11.3. The van der Waals surface area contributed by atoms with Gasteiger partial charge in [0.15, 0.2) is 6.29 Å². The van der Waals surface area contributed by atoms with Crippen molar-refractivity contribution >= 4 is 31.1 Å². The molecule has 1 aliphatic heterocycles. The van der Waals surface area contributed by atoms with E-state index in [0.29, 0.717) is 13.2 Å². The molecule has 0 amide bonds. The summed E-state index contributed by atoms with van der Waals surface area (Å²) in [4.78, 5) is 1.11. The van der Waals surface area contributed by atoms with E-state index in [0.717, 1.165) is 4.88 Å². The van der Waals surface area contributed by atoms with Gasteiger partial charge in [-0.15, -0.1) is 11.3 Å². The average molecular weight is 446 g/mol. The molecule has 0 unspecified atom stereocenters. The van der Waals surface area contributed by atoms with Crippen molar-refractivity contribution in [2.24, 2.45) is 0 Å². The molecular weight excluding hydrogens is 411 g/mol. The number of thiophene rings is 1. The maximum atomic E-state index is 5.27. The molecule has 1 aromatic rings. The van der Waals surface area contributed by atoms with Crippen molar-refractivity contribution < 1.29 is 9.47 Å². The monoisotopic (exact) mass is 447 g/mol. The Hall–Kier alpha value is 0.419. The van der Waals surface area contributed by atoms with Crippen molar-refractivity contribution in [1.29, 1.82) is 0 Å². The Morgan fingerprint density at radius 1 is 1.00 bits per heavy atom. The second kappa shape index (κ2) is 14.7. The molecule has 23 heavy (non-hydrogen) atoms. The van der Waals surface area contributed by atoms with Gasteiger partial charge in [0, 0.05) is 5.38 Å². The molecule has 0 aromatic carbocycles. The Labute approximate surface area is 154 Å². The first-order valence-electron chi connectivity index (χ1n) is 9.50. The molecule has 0 bridgehead atoms. The first kappa shape index (κ1) is 21.5. The molecule has 0 N–H and O–H groups in total. The summed E-state index contributed by atoms with van der Waals surface area (Å²) in [7, 11) is 0. The molecule has 0 saturated carbocycles. The summed E-state index contributed by atoms with van der Waals surface area (Å²) in [5, 5.41) is 2.99. The van der Waals surface area contributed by atoms with E-state index in [1.807, 2.05) is 12.1 Å². The number of rotatable bonds is 10. The van der Waals surface area contributed by atoms with Crippen molar-refractivity contribution in [3.05, 3.63) is 22.4 Å². The fraction of sp³-hybridized carbons (Fsp3) is 0.789. The van der Waals surface area contributed by atoms with Gasteiger partial charge < -0.3 is 9.47 Å². The molecule has 1 radical (unpaired) electrons. The van der Waals surface area contributed by atoms with Crippen LogP contribution < -0.4 is 0 Å². The van der Waals surface area contributed by atoms with Gasteiger partial charge in [-0.2, -0.15) is 0 Å². The van der Waals surface area contributed by atoms with E-state index in [9.17, 15) is 0 Å². The van der Waals surface area contributed by atoms with Gasteiger partial charge in [0.2, 0.25) is 0 Å². The van der Waals surface area contributed by atoms with Crippen LogP contribution in [0, 0.1) is 5.38 Å². The molecule has 2 rings (SSSR count). The van der Waals surface area contributed by atoms with Gasteiger partial charge >= 0.3 is 92.4 Å². The molecule has 0 atom stereocenters. The molecule has 133 valence electrons. The summed E-state index contributed by atoms with van der Waals surface area (Å²) in [5.74, 6) is 0. The number of unbranched alkanes of at least 4 members (excludes halogenated alkanes) is 3. The van der Waals surface area contributed by atoms with E-state index in [2.05, 4.69) is 26.2 Å². The Balaban J connectivity index is 0.000000235. The smallest absolute Gasteiger partial charge is 0.193 e. The fourth-order valence-electron chi connectivity index (χ4n) is 2.81. The number of hydrogen-bond donors (Lipinski definition) is 0. The van der Waals surface area contributed by atoms with Crippen LogP contribution >= 0.6 is 11.3 Å². The van der Waals surface area contributed by atoms with Crippen LogP contribution in [0.4, 0.5) is 0 Å².